The largest absolute Gasteiger partial charge is 0.416 e. The van der Waals surface area contributed by atoms with Crippen LogP contribution >= 0.6 is 7.60 Å². The highest BCUT2D eigenvalue weighted by Crippen LogP contribution is 2.46. The highest BCUT2D eigenvalue weighted by Gasteiger charge is 2.30. The molecular formula is C13H16F3O4P. The zero-order chi connectivity index (χ0) is 16.1. The Morgan fingerprint density at radius 3 is 2.38 bits per heavy atom. The second-order valence-corrected chi connectivity index (χ2v) is 6.76. The molecule has 0 N–H and O–H groups in total. The smallest absolute Gasteiger partial charge is 0.312 e. The number of alkyl halides is 3. The molecule has 1 rings (SSSR count). The minimum absolute atomic E-state index is 0.0881. The van der Waals surface area contributed by atoms with E-state index in [1.807, 2.05) is 0 Å². The van der Waals surface area contributed by atoms with E-state index in [1.54, 1.807) is 0 Å². The molecule has 4 nitrogen and oxygen atoms in total. The predicted molar refractivity (Wildman–Crippen MR) is 71.3 cm³/mol. The van der Waals surface area contributed by atoms with Crippen LogP contribution in [-0.2, 0) is 31.0 Å². The van der Waals surface area contributed by atoms with Gasteiger partial charge in [0.1, 0.15) is 5.78 Å². The van der Waals surface area contributed by atoms with Gasteiger partial charge < -0.3 is 9.05 Å². The summed E-state index contributed by atoms with van der Waals surface area (Å²) >= 11 is 0. The van der Waals surface area contributed by atoms with E-state index in [4.69, 9.17) is 0 Å². The van der Waals surface area contributed by atoms with Crippen molar-refractivity contribution in [2.24, 2.45) is 0 Å². The second kappa shape index (κ2) is 7.20. The molecule has 0 fully saturated rings. The standard InChI is InChI=1S/C13H16F3O4P/c1-19-21(18,20-2)7-6-12(17)9-10-4-3-5-11(8-10)13(14,15)16/h3-5,8H,6-7,9H2,1-2H3. The Morgan fingerprint density at radius 1 is 1.24 bits per heavy atom. The topological polar surface area (TPSA) is 52.6 Å². The van der Waals surface area contributed by atoms with Crippen LogP contribution in [0.2, 0.25) is 0 Å². The van der Waals surface area contributed by atoms with Gasteiger partial charge in [0.25, 0.3) is 0 Å². The Kier molecular flexibility index (Phi) is 6.13. The summed E-state index contributed by atoms with van der Waals surface area (Å²) in [6, 6.07) is 4.57. The monoisotopic (exact) mass is 324 g/mol. The van der Waals surface area contributed by atoms with Crippen molar-refractivity contribution in [2.45, 2.75) is 19.0 Å². The highest BCUT2D eigenvalue weighted by molar-refractivity contribution is 7.53. The van der Waals surface area contributed by atoms with Crippen LogP contribution in [-0.4, -0.2) is 26.2 Å². The molecule has 118 valence electrons. The van der Waals surface area contributed by atoms with E-state index in [9.17, 15) is 22.5 Å². The third kappa shape index (κ3) is 5.61. The van der Waals surface area contributed by atoms with Gasteiger partial charge in [-0.15, -0.1) is 0 Å². The maximum absolute atomic E-state index is 12.5. The second-order valence-electron chi connectivity index (χ2n) is 4.36. The normalized spacial score (nSPS) is 12.4. The number of Topliss-reactive ketones (excluding diaryl/α,β-unsaturated/α-hetero) is 1. The average Bonchev–Trinajstić information content (AvgIpc) is 2.44. The Morgan fingerprint density at radius 2 is 1.86 bits per heavy atom. The summed E-state index contributed by atoms with van der Waals surface area (Å²) in [6.45, 7) is 0. The highest BCUT2D eigenvalue weighted by atomic mass is 31.2. The first-order valence-electron chi connectivity index (χ1n) is 6.08. The zero-order valence-corrected chi connectivity index (χ0v) is 12.5. The van der Waals surface area contributed by atoms with Gasteiger partial charge in [0.15, 0.2) is 0 Å². The SMILES string of the molecule is COP(=O)(CCC(=O)Cc1cccc(C(F)(F)F)c1)OC. The van der Waals surface area contributed by atoms with Crippen molar-refractivity contribution in [1.29, 1.82) is 0 Å². The molecule has 0 aliphatic rings. The van der Waals surface area contributed by atoms with Crippen LogP contribution in [0.4, 0.5) is 13.2 Å². The Balaban J connectivity index is 2.66. The van der Waals surface area contributed by atoms with Gasteiger partial charge in [0.2, 0.25) is 0 Å². The van der Waals surface area contributed by atoms with Gasteiger partial charge in [-0.05, 0) is 11.6 Å². The number of benzene rings is 1. The lowest BCUT2D eigenvalue weighted by atomic mass is 10.0. The van der Waals surface area contributed by atoms with Gasteiger partial charge in [-0.25, -0.2) is 0 Å². The molecule has 21 heavy (non-hydrogen) atoms. The van der Waals surface area contributed by atoms with Gasteiger partial charge in [-0.3, -0.25) is 9.36 Å². The summed E-state index contributed by atoms with van der Waals surface area (Å²) in [6.07, 6.45) is -4.79. The van der Waals surface area contributed by atoms with E-state index in [0.717, 1.165) is 12.1 Å². The van der Waals surface area contributed by atoms with Crippen LogP contribution in [0.15, 0.2) is 24.3 Å². The summed E-state index contributed by atoms with van der Waals surface area (Å²) in [7, 11) is -0.857. The van der Waals surface area contributed by atoms with Crippen molar-refractivity contribution in [2.75, 3.05) is 20.4 Å². The number of carbonyl (C=O) groups excluding carboxylic acids is 1. The van der Waals surface area contributed by atoms with Gasteiger partial charge in [-0.1, -0.05) is 18.2 Å². The lowest BCUT2D eigenvalue weighted by Gasteiger charge is -2.13. The van der Waals surface area contributed by atoms with Gasteiger partial charge in [-0.2, -0.15) is 13.2 Å². The fourth-order valence-corrected chi connectivity index (χ4v) is 2.73. The fraction of sp³-hybridized carbons (Fsp3) is 0.462. The first kappa shape index (κ1) is 17.9. The van der Waals surface area contributed by atoms with Crippen LogP contribution < -0.4 is 0 Å². The van der Waals surface area contributed by atoms with E-state index in [-0.39, 0.29) is 30.4 Å². The molecule has 0 heterocycles. The molecule has 0 saturated carbocycles. The van der Waals surface area contributed by atoms with Crippen molar-refractivity contribution in [1.82, 2.24) is 0 Å². The van der Waals surface area contributed by atoms with Crippen LogP contribution in [0, 0.1) is 0 Å². The summed E-state index contributed by atoms with van der Waals surface area (Å²) in [4.78, 5) is 11.7. The summed E-state index contributed by atoms with van der Waals surface area (Å²) in [5, 5.41) is 0. The molecule has 0 aliphatic carbocycles. The molecule has 1 aromatic rings. The number of hydrogen-bond donors (Lipinski definition) is 0. The summed E-state index contributed by atoms with van der Waals surface area (Å²) in [5.41, 5.74) is -0.535. The summed E-state index contributed by atoms with van der Waals surface area (Å²) in [5.74, 6) is -0.330. The van der Waals surface area contributed by atoms with Gasteiger partial charge in [0, 0.05) is 27.1 Å². The van der Waals surface area contributed by atoms with Crippen molar-refractivity contribution in [3.8, 4) is 0 Å². The van der Waals surface area contributed by atoms with Gasteiger partial charge in [0.05, 0.1) is 11.7 Å². The molecule has 0 atom stereocenters. The zero-order valence-electron chi connectivity index (χ0n) is 11.6. The lowest BCUT2D eigenvalue weighted by Crippen LogP contribution is -2.09. The Hall–Kier alpha value is -1.17. The van der Waals surface area contributed by atoms with E-state index in [1.165, 1.54) is 26.4 Å². The molecule has 0 amide bonds. The van der Waals surface area contributed by atoms with E-state index >= 15 is 0 Å². The Bertz CT molecular complexity index is 534. The number of halogens is 3. The van der Waals surface area contributed by atoms with Crippen molar-refractivity contribution >= 4 is 13.4 Å². The number of hydrogen-bond acceptors (Lipinski definition) is 4. The average molecular weight is 324 g/mol. The number of rotatable bonds is 7. The number of ketones is 1. The maximum Gasteiger partial charge on any atom is 0.416 e. The lowest BCUT2D eigenvalue weighted by molar-refractivity contribution is -0.137. The van der Waals surface area contributed by atoms with Crippen molar-refractivity contribution in [3.63, 3.8) is 0 Å². The molecule has 0 bridgehead atoms. The van der Waals surface area contributed by atoms with Crippen LogP contribution in [0.1, 0.15) is 17.5 Å². The van der Waals surface area contributed by atoms with E-state index in [2.05, 4.69) is 9.05 Å². The quantitative estimate of drug-likeness (QED) is 0.718. The van der Waals surface area contributed by atoms with Crippen molar-refractivity contribution < 1.29 is 31.6 Å². The van der Waals surface area contributed by atoms with Gasteiger partial charge >= 0.3 is 13.8 Å². The third-order valence-corrected chi connectivity index (χ3v) is 4.76. The molecule has 1 aromatic carbocycles. The van der Waals surface area contributed by atoms with Crippen LogP contribution in [0.3, 0.4) is 0 Å². The predicted octanol–water partition coefficient (Wildman–Crippen LogP) is 3.69. The third-order valence-electron chi connectivity index (χ3n) is 2.88. The van der Waals surface area contributed by atoms with E-state index in [0.29, 0.717) is 0 Å². The molecule has 0 aromatic heterocycles. The molecule has 0 unspecified atom stereocenters. The molecule has 0 aliphatic heterocycles. The maximum atomic E-state index is 12.5. The van der Waals surface area contributed by atoms with Crippen LogP contribution in [0.25, 0.3) is 0 Å². The first-order valence-corrected chi connectivity index (χ1v) is 7.81. The minimum atomic E-state index is -4.44. The summed E-state index contributed by atoms with van der Waals surface area (Å²) < 4.78 is 58.8. The number of carbonyl (C=O) groups is 1. The molecular weight excluding hydrogens is 308 g/mol. The van der Waals surface area contributed by atoms with Crippen molar-refractivity contribution in [3.05, 3.63) is 35.4 Å². The fourth-order valence-electron chi connectivity index (χ4n) is 1.69. The molecule has 0 saturated heterocycles. The first-order chi connectivity index (χ1) is 9.70. The molecule has 0 radical (unpaired) electrons. The van der Waals surface area contributed by atoms with Crippen LogP contribution in [0.5, 0.6) is 0 Å². The van der Waals surface area contributed by atoms with E-state index < -0.39 is 19.3 Å². The molecule has 8 heteroatoms. The minimum Gasteiger partial charge on any atom is -0.312 e. The Labute approximate surface area is 120 Å². The molecule has 0 spiro atoms.